The first kappa shape index (κ1) is 14.5. The third kappa shape index (κ3) is 3.78. The maximum Gasteiger partial charge on any atom is 0.234 e. The van der Waals surface area contributed by atoms with Crippen molar-refractivity contribution in [1.29, 1.82) is 0 Å². The van der Waals surface area contributed by atoms with E-state index in [9.17, 15) is 4.79 Å². The summed E-state index contributed by atoms with van der Waals surface area (Å²) in [6.07, 6.45) is 0.386. The van der Waals surface area contributed by atoms with Gasteiger partial charge in [0, 0.05) is 20.2 Å². The number of hydrogen-bond acceptors (Lipinski definition) is 3. The predicted molar refractivity (Wildman–Crippen MR) is 79.4 cm³/mol. The zero-order valence-electron chi connectivity index (χ0n) is 11.6. The number of fused-ring (bicyclic) bond motifs is 1. The molecule has 4 nitrogen and oxygen atoms in total. The van der Waals surface area contributed by atoms with Crippen molar-refractivity contribution < 1.29 is 9.53 Å². The molecule has 0 aliphatic carbocycles. The molecule has 1 aliphatic heterocycles. The van der Waals surface area contributed by atoms with Crippen LogP contribution in [0.25, 0.3) is 0 Å². The number of hydrogen-bond donors (Lipinski definition) is 0. The third-order valence-corrected chi connectivity index (χ3v) is 4.95. The van der Waals surface area contributed by atoms with Gasteiger partial charge in [-0.05, 0) is 12.1 Å². The van der Waals surface area contributed by atoms with Crippen LogP contribution in [0.1, 0.15) is 5.56 Å². The fraction of sp³-hybridized carbons (Fsp3) is 0.538. The number of ether oxygens (including phenoxy) is 1. The second-order valence-electron chi connectivity index (χ2n) is 5.96. The van der Waals surface area contributed by atoms with Crippen molar-refractivity contribution in [2.75, 3.05) is 18.2 Å². The van der Waals surface area contributed by atoms with Gasteiger partial charge in [-0.3, -0.25) is 9.69 Å². The highest BCUT2D eigenvalue weighted by molar-refractivity contribution is 6.76. The van der Waals surface area contributed by atoms with Crippen LogP contribution >= 0.6 is 11.6 Å². The maximum atomic E-state index is 11.9. The molecule has 1 aromatic rings. The molecule has 1 aromatic heterocycles. The van der Waals surface area contributed by atoms with Crippen LogP contribution in [-0.4, -0.2) is 32.3 Å². The number of carbonyl (C=O) groups excluding carboxylic acids is 1. The highest BCUT2D eigenvalue weighted by Gasteiger charge is 2.29. The van der Waals surface area contributed by atoms with E-state index in [4.69, 9.17) is 16.3 Å². The average molecular weight is 299 g/mol. The smallest absolute Gasteiger partial charge is 0.234 e. The van der Waals surface area contributed by atoms with Crippen molar-refractivity contribution in [2.45, 2.75) is 32.1 Å². The molecule has 0 spiro atoms. The van der Waals surface area contributed by atoms with Gasteiger partial charge in [0.05, 0.1) is 6.42 Å². The summed E-state index contributed by atoms with van der Waals surface area (Å²) in [4.78, 5) is 17.7. The number of halogens is 1. The Balaban J connectivity index is 1.95. The maximum absolute atomic E-state index is 11.9. The lowest BCUT2D eigenvalue weighted by atomic mass is 10.2. The first-order valence-corrected chi connectivity index (χ1v) is 10.5. The SMILES string of the molecule is C[Si](C)(C)CCOCN1C(=O)Cc2ccc(Cl)nc21. The molecule has 19 heavy (non-hydrogen) atoms. The van der Waals surface area contributed by atoms with Crippen molar-refractivity contribution >= 4 is 31.4 Å². The van der Waals surface area contributed by atoms with E-state index >= 15 is 0 Å². The lowest BCUT2D eigenvalue weighted by Gasteiger charge is -2.19. The Morgan fingerprint density at radius 2 is 2.16 bits per heavy atom. The monoisotopic (exact) mass is 298 g/mol. The molecule has 0 radical (unpaired) electrons. The number of pyridine rings is 1. The second kappa shape index (κ2) is 5.61. The Labute approximate surface area is 119 Å². The molecule has 0 aromatic carbocycles. The normalized spacial score (nSPS) is 14.9. The summed E-state index contributed by atoms with van der Waals surface area (Å²) in [5.41, 5.74) is 0.920. The van der Waals surface area contributed by atoms with Gasteiger partial charge >= 0.3 is 0 Å². The van der Waals surface area contributed by atoms with Crippen LogP contribution in [0, 0.1) is 0 Å². The van der Waals surface area contributed by atoms with Crippen molar-refractivity contribution in [3.05, 3.63) is 22.8 Å². The molecule has 2 heterocycles. The summed E-state index contributed by atoms with van der Waals surface area (Å²) < 4.78 is 5.62. The van der Waals surface area contributed by atoms with Crippen molar-refractivity contribution in [3.8, 4) is 0 Å². The number of rotatable bonds is 5. The van der Waals surface area contributed by atoms with E-state index in [1.165, 1.54) is 0 Å². The molecule has 2 rings (SSSR count). The Hall–Kier alpha value is -0.913. The van der Waals surface area contributed by atoms with Gasteiger partial charge in [-0.1, -0.05) is 37.3 Å². The number of nitrogens with zero attached hydrogens (tertiary/aromatic N) is 2. The standard InChI is InChI=1S/C13H19ClN2O2Si/c1-19(2,3)7-6-18-9-16-12(17)8-10-4-5-11(14)15-13(10)16/h4-5H,6-9H2,1-3H3. The Morgan fingerprint density at radius 3 is 2.84 bits per heavy atom. The quantitative estimate of drug-likeness (QED) is 0.477. The largest absolute Gasteiger partial charge is 0.361 e. The Morgan fingerprint density at radius 1 is 1.42 bits per heavy atom. The van der Waals surface area contributed by atoms with Crippen LogP contribution in [0.5, 0.6) is 0 Å². The summed E-state index contributed by atoms with van der Waals surface area (Å²) in [6, 6.07) is 4.65. The molecular formula is C13H19ClN2O2Si. The third-order valence-electron chi connectivity index (χ3n) is 3.04. The van der Waals surface area contributed by atoms with Gasteiger partial charge < -0.3 is 4.74 Å². The van der Waals surface area contributed by atoms with Crippen molar-refractivity contribution in [2.24, 2.45) is 0 Å². The minimum atomic E-state index is -1.10. The average Bonchev–Trinajstić information content (AvgIpc) is 2.59. The number of aromatic nitrogens is 1. The lowest BCUT2D eigenvalue weighted by molar-refractivity contribution is -0.118. The minimum absolute atomic E-state index is 0.0257. The van der Waals surface area contributed by atoms with E-state index < -0.39 is 8.07 Å². The van der Waals surface area contributed by atoms with E-state index in [-0.39, 0.29) is 12.6 Å². The van der Waals surface area contributed by atoms with Crippen molar-refractivity contribution in [1.82, 2.24) is 4.98 Å². The molecular weight excluding hydrogens is 280 g/mol. The first-order chi connectivity index (χ1) is 8.87. The fourth-order valence-electron chi connectivity index (χ4n) is 1.87. The van der Waals surface area contributed by atoms with Crippen LogP contribution < -0.4 is 4.90 Å². The summed E-state index contributed by atoms with van der Waals surface area (Å²) in [6.45, 7) is 7.86. The summed E-state index contributed by atoms with van der Waals surface area (Å²) >= 11 is 5.87. The van der Waals surface area contributed by atoms with Gasteiger partial charge in [-0.15, -0.1) is 0 Å². The number of anilines is 1. The first-order valence-electron chi connectivity index (χ1n) is 6.40. The Bertz CT molecular complexity index is 488. The highest BCUT2D eigenvalue weighted by Crippen LogP contribution is 2.28. The van der Waals surface area contributed by atoms with Gasteiger partial charge in [0.15, 0.2) is 0 Å². The van der Waals surface area contributed by atoms with E-state index in [0.29, 0.717) is 24.0 Å². The zero-order valence-corrected chi connectivity index (χ0v) is 13.3. The van der Waals surface area contributed by atoms with Gasteiger partial charge in [-0.25, -0.2) is 4.98 Å². The lowest BCUT2D eigenvalue weighted by Crippen LogP contribution is -2.31. The molecule has 0 atom stereocenters. The zero-order chi connectivity index (χ0) is 14.0. The topological polar surface area (TPSA) is 42.4 Å². The van der Waals surface area contributed by atoms with E-state index in [2.05, 4.69) is 24.6 Å². The second-order valence-corrected chi connectivity index (χ2v) is 12.0. The van der Waals surface area contributed by atoms with Crippen LogP contribution in [-0.2, 0) is 16.0 Å². The minimum Gasteiger partial charge on any atom is -0.361 e. The van der Waals surface area contributed by atoms with E-state index in [1.54, 1.807) is 11.0 Å². The van der Waals surface area contributed by atoms with E-state index in [0.717, 1.165) is 11.6 Å². The summed E-state index contributed by atoms with van der Waals surface area (Å²) in [5.74, 6) is 0.670. The molecule has 1 aliphatic rings. The van der Waals surface area contributed by atoms with Crippen LogP contribution in [0.2, 0.25) is 30.8 Å². The molecule has 104 valence electrons. The molecule has 0 unspecified atom stereocenters. The molecule has 0 bridgehead atoms. The molecule has 0 fully saturated rings. The van der Waals surface area contributed by atoms with Crippen molar-refractivity contribution in [3.63, 3.8) is 0 Å². The highest BCUT2D eigenvalue weighted by atomic mass is 35.5. The molecule has 1 amide bonds. The molecule has 0 N–H and O–H groups in total. The van der Waals surface area contributed by atoms with Crippen LogP contribution in [0.3, 0.4) is 0 Å². The van der Waals surface area contributed by atoms with Gasteiger partial charge in [-0.2, -0.15) is 0 Å². The van der Waals surface area contributed by atoms with Gasteiger partial charge in [0.1, 0.15) is 17.7 Å². The van der Waals surface area contributed by atoms with E-state index in [1.807, 2.05) is 6.07 Å². The number of carbonyl (C=O) groups is 1. The van der Waals surface area contributed by atoms with Gasteiger partial charge in [0.25, 0.3) is 0 Å². The van der Waals surface area contributed by atoms with Gasteiger partial charge in [0.2, 0.25) is 5.91 Å². The van der Waals surface area contributed by atoms with Crippen LogP contribution in [0.4, 0.5) is 5.82 Å². The van der Waals surface area contributed by atoms with Crippen LogP contribution in [0.15, 0.2) is 12.1 Å². The molecule has 0 saturated carbocycles. The predicted octanol–water partition coefficient (Wildman–Crippen LogP) is 2.94. The molecule has 6 heteroatoms. The Kier molecular flexibility index (Phi) is 4.28. The summed E-state index contributed by atoms with van der Waals surface area (Å²) in [5, 5.41) is 0.403. The molecule has 0 saturated heterocycles. The summed E-state index contributed by atoms with van der Waals surface area (Å²) in [7, 11) is -1.10. The number of amides is 1. The fourth-order valence-corrected chi connectivity index (χ4v) is 2.77.